The third-order valence-electron chi connectivity index (χ3n) is 8.74. The van der Waals surface area contributed by atoms with Crippen LogP contribution in [-0.2, 0) is 4.79 Å². The zero-order valence-electron chi connectivity index (χ0n) is 22.2. The molecule has 3 fully saturated rings. The molecule has 202 valence electrons. The normalized spacial score (nSPS) is 29.8. The standard InChI is InChI=1S/C31H30N6O3/c1-17-7-6-8-18(13-17)11-12-23-35-28(34-22-14-20(22)19-9-4-3-5-10-19)24-29(36-23)37(16-33-24)25-21-15-31(21,30(40)32-2)27(39)26(25)38/h3-10,13,16,20-22,25-27,38-39H,14-15H2,1-2H3,(H,32,40)(H,34,35,36)/t20?,21?,22?,25-,26?,27+,31-/m1/s1. The Morgan fingerprint density at radius 3 is 2.70 bits per heavy atom. The molecule has 9 nitrogen and oxygen atoms in total. The first kappa shape index (κ1) is 24.8. The number of hydrogen-bond donors (Lipinski definition) is 4. The van der Waals surface area contributed by atoms with E-state index in [1.165, 1.54) is 5.56 Å². The molecule has 3 aliphatic rings. The van der Waals surface area contributed by atoms with Crippen molar-refractivity contribution < 1.29 is 15.0 Å². The van der Waals surface area contributed by atoms with Gasteiger partial charge in [-0.25, -0.2) is 15.0 Å². The third kappa shape index (κ3) is 3.86. The second-order valence-electron chi connectivity index (χ2n) is 11.2. The lowest BCUT2D eigenvalue weighted by Crippen LogP contribution is -2.41. The number of aromatic nitrogens is 4. The maximum Gasteiger partial charge on any atom is 0.229 e. The van der Waals surface area contributed by atoms with Gasteiger partial charge in [-0.15, -0.1) is 0 Å². The number of imidazole rings is 1. The Hall–Kier alpha value is -4.26. The summed E-state index contributed by atoms with van der Waals surface area (Å²) in [7, 11) is 1.55. The van der Waals surface area contributed by atoms with Crippen LogP contribution in [0.1, 0.15) is 47.3 Å². The van der Waals surface area contributed by atoms with Gasteiger partial charge >= 0.3 is 0 Å². The molecule has 0 saturated heterocycles. The predicted molar refractivity (Wildman–Crippen MR) is 149 cm³/mol. The fraction of sp³-hybridized carbons (Fsp3) is 0.355. The van der Waals surface area contributed by atoms with E-state index in [4.69, 9.17) is 9.97 Å². The smallest absolute Gasteiger partial charge is 0.229 e. The molecule has 7 rings (SSSR count). The summed E-state index contributed by atoms with van der Waals surface area (Å²) in [4.78, 5) is 26.8. The molecule has 4 unspecified atom stereocenters. The zero-order chi connectivity index (χ0) is 27.6. The fourth-order valence-electron chi connectivity index (χ4n) is 6.53. The molecule has 0 bridgehead atoms. The van der Waals surface area contributed by atoms with Gasteiger partial charge < -0.3 is 25.4 Å². The number of carbonyl (C=O) groups is 1. The molecule has 2 aromatic heterocycles. The number of nitrogens with zero attached hydrogens (tertiary/aromatic N) is 4. The Morgan fingerprint density at radius 1 is 1.10 bits per heavy atom. The minimum absolute atomic E-state index is 0.200. The topological polar surface area (TPSA) is 125 Å². The Bertz CT molecular complexity index is 1690. The van der Waals surface area contributed by atoms with Crippen LogP contribution < -0.4 is 10.6 Å². The number of benzene rings is 2. The van der Waals surface area contributed by atoms with Gasteiger partial charge in [-0.05, 0) is 48.9 Å². The average molecular weight is 535 g/mol. The van der Waals surface area contributed by atoms with Gasteiger partial charge in [-0.1, -0.05) is 48.4 Å². The van der Waals surface area contributed by atoms with Gasteiger partial charge in [0.2, 0.25) is 11.7 Å². The van der Waals surface area contributed by atoms with Gasteiger partial charge in [0.15, 0.2) is 17.0 Å². The zero-order valence-corrected chi connectivity index (χ0v) is 22.2. The van der Waals surface area contributed by atoms with Gasteiger partial charge in [0.25, 0.3) is 0 Å². The van der Waals surface area contributed by atoms with E-state index in [1.807, 2.05) is 49.4 Å². The number of rotatable bonds is 5. The van der Waals surface area contributed by atoms with Crippen LogP contribution in [0.25, 0.3) is 11.2 Å². The summed E-state index contributed by atoms with van der Waals surface area (Å²) in [6, 6.07) is 18.0. The van der Waals surface area contributed by atoms with Crippen LogP contribution >= 0.6 is 0 Å². The van der Waals surface area contributed by atoms with Crippen molar-refractivity contribution in [3.8, 4) is 11.8 Å². The van der Waals surface area contributed by atoms with Crippen molar-refractivity contribution in [1.82, 2.24) is 24.8 Å². The summed E-state index contributed by atoms with van der Waals surface area (Å²) in [6.07, 6.45) is 0.797. The van der Waals surface area contributed by atoms with Gasteiger partial charge in [-0.3, -0.25) is 4.79 Å². The van der Waals surface area contributed by atoms with Crippen molar-refractivity contribution in [1.29, 1.82) is 0 Å². The van der Waals surface area contributed by atoms with Crippen molar-refractivity contribution in [2.24, 2.45) is 11.3 Å². The highest BCUT2D eigenvalue weighted by atomic mass is 16.3. The lowest BCUT2D eigenvalue weighted by Gasteiger charge is -2.23. The highest BCUT2D eigenvalue weighted by Gasteiger charge is 2.75. The number of nitrogens with one attached hydrogen (secondary N) is 2. The van der Waals surface area contributed by atoms with E-state index in [2.05, 4.69) is 39.6 Å². The van der Waals surface area contributed by atoms with E-state index in [0.29, 0.717) is 35.1 Å². The molecule has 3 aliphatic carbocycles. The SMILES string of the molecule is CNC(=O)[C@]12CC1[C@@H](n1cnc3c(NC4CC4c4ccccc4)nc(C#Cc4cccc(C)c4)nc31)C(O)[C@@H]2O. The summed E-state index contributed by atoms with van der Waals surface area (Å²) in [5.74, 6) is 7.09. The van der Waals surface area contributed by atoms with E-state index in [-0.39, 0.29) is 17.9 Å². The van der Waals surface area contributed by atoms with Crippen molar-refractivity contribution in [3.05, 3.63) is 83.4 Å². The molecular formula is C31H30N6O3. The monoisotopic (exact) mass is 534 g/mol. The fourth-order valence-corrected chi connectivity index (χ4v) is 6.53. The van der Waals surface area contributed by atoms with Gasteiger partial charge in [0, 0.05) is 30.5 Å². The van der Waals surface area contributed by atoms with Crippen molar-refractivity contribution in [2.45, 2.75) is 50.0 Å². The molecule has 1 amide bonds. The molecule has 0 spiro atoms. The first-order valence-corrected chi connectivity index (χ1v) is 13.6. The van der Waals surface area contributed by atoms with Crippen LogP contribution in [0.2, 0.25) is 0 Å². The molecule has 0 aliphatic heterocycles. The molecule has 2 aromatic carbocycles. The van der Waals surface area contributed by atoms with Crippen LogP contribution in [0.4, 0.5) is 5.82 Å². The lowest BCUT2D eigenvalue weighted by atomic mass is 9.98. The number of aryl methyl sites for hydroxylation is 1. The maximum atomic E-state index is 12.7. The van der Waals surface area contributed by atoms with E-state index in [9.17, 15) is 15.0 Å². The Morgan fingerprint density at radius 2 is 1.93 bits per heavy atom. The van der Waals surface area contributed by atoms with Gasteiger partial charge in [0.05, 0.1) is 23.9 Å². The van der Waals surface area contributed by atoms with Crippen molar-refractivity contribution in [2.75, 3.05) is 12.4 Å². The summed E-state index contributed by atoms with van der Waals surface area (Å²) in [6.45, 7) is 2.02. The number of aliphatic hydroxyl groups is 2. The quantitative estimate of drug-likeness (QED) is 0.290. The molecule has 3 saturated carbocycles. The second kappa shape index (κ2) is 9.15. The maximum absolute atomic E-state index is 12.7. The van der Waals surface area contributed by atoms with Crippen LogP contribution in [0.3, 0.4) is 0 Å². The summed E-state index contributed by atoms with van der Waals surface area (Å²) < 4.78 is 1.79. The number of carbonyl (C=O) groups excluding carboxylic acids is 1. The molecule has 2 heterocycles. The number of aliphatic hydroxyl groups excluding tert-OH is 2. The van der Waals surface area contributed by atoms with Crippen LogP contribution in [0.5, 0.6) is 0 Å². The van der Waals surface area contributed by atoms with E-state index < -0.39 is 23.7 Å². The third-order valence-corrected chi connectivity index (χ3v) is 8.74. The second-order valence-corrected chi connectivity index (χ2v) is 11.2. The summed E-state index contributed by atoms with van der Waals surface area (Å²) in [5.41, 5.74) is 3.34. The Balaban J connectivity index is 1.28. The van der Waals surface area contributed by atoms with Crippen LogP contribution in [0, 0.1) is 30.1 Å². The van der Waals surface area contributed by atoms with Crippen molar-refractivity contribution >= 4 is 22.9 Å². The highest BCUT2D eigenvalue weighted by Crippen LogP contribution is 2.67. The number of hydrogen-bond acceptors (Lipinski definition) is 7. The van der Waals surface area contributed by atoms with Crippen molar-refractivity contribution in [3.63, 3.8) is 0 Å². The van der Waals surface area contributed by atoms with Gasteiger partial charge in [0.1, 0.15) is 6.10 Å². The number of anilines is 1. The Kier molecular flexibility index (Phi) is 5.66. The van der Waals surface area contributed by atoms with E-state index in [1.54, 1.807) is 17.9 Å². The molecule has 7 atom stereocenters. The number of fused-ring (bicyclic) bond motifs is 2. The molecule has 4 N–H and O–H groups in total. The predicted octanol–water partition coefficient (Wildman–Crippen LogP) is 2.53. The average Bonchev–Trinajstić information content (AvgIpc) is 3.85. The molecular weight excluding hydrogens is 504 g/mol. The van der Waals surface area contributed by atoms with E-state index >= 15 is 0 Å². The Labute approximate surface area is 231 Å². The minimum Gasteiger partial charge on any atom is -0.389 e. The molecule has 4 aromatic rings. The minimum atomic E-state index is -1.17. The highest BCUT2D eigenvalue weighted by molar-refractivity contribution is 5.88. The van der Waals surface area contributed by atoms with Crippen LogP contribution in [0.15, 0.2) is 60.9 Å². The van der Waals surface area contributed by atoms with E-state index in [0.717, 1.165) is 17.5 Å². The summed E-state index contributed by atoms with van der Waals surface area (Å²) >= 11 is 0. The largest absolute Gasteiger partial charge is 0.389 e. The molecule has 40 heavy (non-hydrogen) atoms. The van der Waals surface area contributed by atoms with Crippen LogP contribution in [-0.4, -0.2) is 60.9 Å². The molecule has 0 radical (unpaired) electrons. The summed E-state index contributed by atoms with van der Waals surface area (Å²) in [5, 5.41) is 28.2. The van der Waals surface area contributed by atoms with Gasteiger partial charge in [-0.2, -0.15) is 0 Å². The first-order chi connectivity index (χ1) is 19.4. The lowest BCUT2D eigenvalue weighted by molar-refractivity contribution is -0.132. The number of amides is 1. The first-order valence-electron chi connectivity index (χ1n) is 13.6. The molecule has 9 heteroatoms.